The molecule has 3 N–H and O–H groups in total. The number of nitrogens with one attached hydrogen (secondary N) is 1. The maximum absolute atomic E-state index is 14.5. The molecular weight excluding hydrogens is 568 g/mol. The third-order valence-corrected chi connectivity index (χ3v) is 10.9. The van der Waals surface area contributed by atoms with E-state index in [-0.39, 0.29) is 16.3 Å². The number of rotatable bonds is 8. The molecule has 1 aromatic carbocycles. The monoisotopic (exact) mass is 606 g/mol. The highest BCUT2D eigenvalue weighted by Gasteiger charge is 2.57. The fraction of sp³-hybridized carbons (Fsp3) is 0.571. The first-order valence-corrected chi connectivity index (χ1v) is 16.1. The molecule has 0 saturated carbocycles. The van der Waals surface area contributed by atoms with Gasteiger partial charge < -0.3 is 20.0 Å². The van der Waals surface area contributed by atoms with Gasteiger partial charge in [0, 0.05) is 5.56 Å². The standard InChI is InChI=1S/C28H39ClF4N2O4Si/c1-24(2,3)39-23(36)34-16-27(37,28(31,32)33)22-14-18(25(4,5)15-26(6,7)40(8,9)38)13-21(35-22)17-10-11-20(30)19(29)12-17/h10-14,37-38H,15-16H2,1-9H3,(H,34,36). The van der Waals surface area contributed by atoms with Gasteiger partial charge in [-0.05, 0) is 86.6 Å². The van der Waals surface area contributed by atoms with Crippen molar-refractivity contribution < 1.29 is 37.0 Å². The molecule has 6 nitrogen and oxygen atoms in total. The smallest absolute Gasteiger partial charge is 0.424 e. The molecule has 0 bridgehead atoms. The molecule has 224 valence electrons. The van der Waals surface area contributed by atoms with Crippen LogP contribution in [0.4, 0.5) is 22.4 Å². The first-order valence-electron chi connectivity index (χ1n) is 12.8. The maximum atomic E-state index is 14.5. The van der Waals surface area contributed by atoms with Crippen LogP contribution < -0.4 is 5.32 Å². The van der Waals surface area contributed by atoms with Crippen LogP contribution >= 0.6 is 11.6 Å². The molecular formula is C28H39ClF4N2O4Si. The lowest BCUT2D eigenvalue weighted by molar-refractivity contribution is -0.265. The number of pyridine rings is 1. The third kappa shape index (κ3) is 7.95. The number of hydrogen-bond donors (Lipinski definition) is 3. The van der Waals surface area contributed by atoms with Crippen LogP contribution in [0.25, 0.3) is 11.3 Å². The van der Waals surface area contributed by atoms with Crippen LogP contribution in [0.5, 0.6) is 0 Å². The van der Waals surface area contributed by atoms with E-state index in [9.17, 15) is 32.3 Å². The zero-order valence-electron chi connectivity index (χ0n) is 24.3. The summed E-state index contributed by atoms with van der Waals surface area (Å²) in [5.74, 6) is -0.715. The van der Waals surface area contributed by atoms with Crippen LogP contribution in [0.2, 0.25) is 23.2 Å². The van der Waals surface area contributed by atoms with E-state index < -0.39 is 60.3 Å². The summed E-state index contributed by atoms with van der Waals surface area (Å²) in [5.41, 5.74) is -5.53. The minimum Gasteiger partial charge on any atom is -0.444 e. The second-order valence-corrected chi connectivity index (χ2v) is 17.9. The summed E-state index contributed by atoms with van der Waals surface area (Å²) < 4.78 is 62.4. The number of hydrogen-bond acceptors (Lipinski definition) is 5. The molecule has 12 heteroatoms. The van der Waals surface area contributed by atoms with Crippen molar-refractivity contribution in [3.05, 3.63) is 52.4 Å². The second-order valence-electron chi connectivity index (χ2n) is 13.0. The van der Waals surface area contributed by atoms with Crippen molar-refractivity contribution in [2.45, 2.75) is 95.8 Å². The number of alkyl carbamates (subject to hydrolysis) is 1. The van der Waals surface area contributed by atoms with Crippen LogP contribution in [0.3, 0.4) is 0 Å². The normalized spacial score (nSPS) is 15.0. The highest BCUT2D eigenvalue weighted by molar-refractivity contribution is 6.72. The quantitative estimate of drug-likeness (QED) is 0.214. The van der Waals surface area contributed by atoms with Crippen molar-refractivity contribution in [2.75, 3.05) is 6.54 Å². The Bertz CT molecular complexity index is 1240. The van der Waals surface area contributed by atoms with E-state index in [1.165, 1.54) is 12.1 Å². The van der Waals surface area contributed by atoms with Gasteiger partial charge in [-0.25, -0.2) is 14.2 Å². The number of carbonyl (C=O) groups is 1. The molecule has 0 radical (unpaired) electrons. The van der Waals surface area contributed by atoms with Crippen molar-refractivity contribution in [1.29, 1.82) is 0 Å². The van der Waals surface area contributed by atoms with Gasteiger partial charge in [0.2, 0.25) is 5.60 Å². The summed E-state index contributed by atoms with van der Waals surface area (Å²) in [6, 6.07) is 6.34. The number of ether oxygens (including phenoxy) is 1. The second kappa shape index (κ2) is 11.2. The largest absolute Gasteiger partial charge is 0.444 e. The first kappa shape index (κ1) is 34.0. The minimum absolute atomic E-state index is 0.0146. The molecule has 0 aliphatic heterocycles. The molecule has 1 aromatic heterocycles. The molecule has 1 amide bonds. The molecule has 0 aliphatic carbocycles. The Morgan fingerprint density at radius 2 is 1.62 bits per heavy atom. The van der Waals surface area contributed by atoms with Gasteiger partial charge >= 0.3 is 12.3 Å². The lowest BCUT2D eigenvalue weighted by atomic mass is 9.76. The zero-order valence-corrected chi connectivity index (χ0v) is 26.1. The van der Waals surface area contributed by atoms with E-state index >= 15 is 0 Å². The van der Waals surface area contributed by atoms with Crippen LogP contribution in [0, 0.1) is 5.82 Å². The maximum Gasteiger partial charge on any atom is 0.424 e. The summed E-state index contributed by atoms with van der Waals surface area (Å²) in [4.78, 5) is 27.2. The first-order chi connectivity index (χ1) is 17.8. The SMILES string of the molecule is CC(C)(C)OC(=O)NCC(O)(c1cc(C(C)(C)CC(C)(C)[Si](C)(C)O)cc(-c2ccc(F)c(Cl)c2)n1)C(F)(F)F. The highest BCUT2D eigenvalue weighted by atomic mass is 35.5. The fourth-order valence-corrected chi connectivity index (χ4v) is 5.27. The molecule has 40 heavy (non-hydrogen) atoms. The van der Waals surface area contributed by atoms with Gasteiger partial charge in [-0.3, -0.25) is 0 Å². The lowest BCUT2D eigenvalue weighted by Crippen LogP contribution is -2.52. The van der Waals surface area contributed by atoms with Crippen molar-refractivity contribution in [3.63, 3.8) is 0 Å². The summed E-state index contributed by atoms with van der Waals surface area (Å²) in [6.07, 6.45) is -6.01. The van der Waals surface area contributed by atoms with Crippen molar-refractivity contribution in [2.24, 2.45) is 0 Å². The van der Waals surface area contributed by atoms with Crippen LogP contribution in [-0.4, -0.2) is 47.6 Å². The molecule has 0 aliphatic rings. The van der Waals surface area contributed by atoms with Crippen LogP contribution in [0.15, 0.2) is 30.3 Å². The number of aliphatic hydroxyl groups is 1. The Kier molecular flexibility index (Phi) is 9.54. The molecule has 2 rings (SSSR count). The van der Waals surface area contributed by atoms with Gasteiger partial charge in [-0.15, -0.1) is 0 Å². The Hall–Kier alpha value is -2.21. The topological polar surface area (TPSA) is 91.7 Å². The molecule has 0 spiro atoms. The van der Waals surface area contributed by atoms with E-state index in [0.29, 0.717) is 12.0 Å². The minimum atomic E-state index is -5.26. The number of aromatic nitrogens is 1. The molecule has 0 saturated heterocycles. The molecule has 1 heterocycles. The summed E-state index contributed by atoms with van der Waals surface area (Å²) in [7, 11) is -2.71. The number of alkyl halides is 3. The highest BCUT2D eigenvalue weighted by Crippen LogP contribution is 2.48. The summed E-state index contributed by atoms with van der Waals surface area (Å²) in [5, 5.41) is 12.3. The van der Waals surface area contributed by atoms with Gasteiger partial charge in [-0.1, -0.05) is 39.3 Å². The molecule has 0 fully saturated rings. The number of halogens is 5. The van der Waals surface area contributed by atoms with Gasteiger partial charge in [-0.2, -0.15) is 13.2 Å². The van der Waals surface area contributed by atoms with Gasteiger partial charge in [0.1, 0.15) is 11.4 Å². The third-order valence-electron chi connectivity index (χ3n) is 7.14. The Labute approximate surface area is 239 Å². The van der Waals surface area contributed by atoms with Crippen molar-refractivity contribution in [3.8, 4) is 11.3 Å². The van der Waals surface area contributed by atoms with Crippen LogP contribution in [-0.2, 0) is 15.8 Å². The lowest BCUT2D eigenvalue weighted by Gasteiger charge is -2.42. The number of nitrogens with zero attached hydrogens (tertiary/aromatic N) is 1. The fourth-order valence-electron chi connectivity index (χ4n) is 4.21. The summed E-state index contributed by atoms with van der Waals surface area (Å²) >= 11 is 5.95. The number of carbonyl (C=O) groups excluding carboxylic acids is 1. The summed E-state index contributed by atoms with van der Waals surface area (Å²) in [6.45, 7) is 14.4. The Morgan fingerprint density at radius 3 is 2.10 bits per heavy atom. The molecule has 1 atom stereocenters. The molecule has 1 unspecified atom stereocenters. The molecule has 2 aromatic rings. The van der Waals surface area contributed by atoms with E-state index in [1.807, 2.05) is 33.0 Å². The van der Waals surface area contributed by atoms with E-state index in [1.54, 1.807) is 39.9 Å². The number of amides is 1. The van der Waals surface area contributed by atoms with E-state index in [4.69, 9.17) is 16.3 Å². The predicted molar refractivity (Wildman–Crippen MR) is 150 cm³/mol. The van der Waals surface area contributed by atoms with E-state index in [2.05, 4.69) is 4.98 Å². The zero-order chi connectivity index (χ0) is 31.1. The predicted octanol–water partition coefficient (Wildman–Crippen LogP) is 7.46. The average molecular weight is 607 g/mol. The Balaban J connectivity index is 2.76. The van der Waals surface area contributed by atoms with Crippen LogP contribution in [0.1, 0.15) is 66.1 Å². The Morgan fingerprint density at radius 1 is 1.05 bits per heavy atom. The van der Waals surface area contributed by atoms with Gasteiger partial charge in [0.15, 0.2) is 8.32 Å². The number of benzene rings is 1. The average Bonchev–Trinajstić information content (AvgIpc) is 2.75. The van der Waals surface area contributed by atoms with Gasteiger partial charge in [0.05, 0.1) is 23.0 Å². The van der Waals surface area contributed by atoms with Gasteiger partial charge in [0.25, 0.3) is 0 Å². The van der Waals surface area contributed by atoms with E-state index in [0.717, 1.165) is 12.1 Å². The van der Waals surface area contributed by atoms with Crippen molar-refractivity contribution in [1.82, 2.24) is 10.3 Å². The van der Waals surface area contributed by atoms with Crippen molar-refractivity contribution >= 4 is 26.0 Å².